The van der Waals surface area contributed by atoms with Crippen LogP contribution in [0.15, 0.2) is 36.5 Å². The molecule has 1 N–H and O–H groups in total. The Balaban J connectivity index is 1.34. The van der Waals surface area contributed by atoms with E-state index in [1.165, 1.54) is 0 Å². The molecular weight excluding hydrogens is 416 g/mol. The number of nitrogens with zero attached hydrogens (tertiary/aromatic N) is 3. The predicted molar refractivity (Wildman–Crippen MR) is 128 cm³/mol. The lowest BCUT2D eigenvalue weighted by Crippen LogP contribution is -2.42. The Hall–Kier alpha value is -2.64. The van der Waals surface area contributed by atoms with Crippen LogP contribution < -0.4 is 15.1 Å². The normalized spacial score (nSPS) is 28.2. The average Bonchev–Trinajstić information content (AvgIpc) is 3.39. The number of pyridine rings is 1. The zero-order valence-electron chi connectivity index (χ0n) is 19.2. The number of hydrogen-bond acceptors (Lipinski definition) is 6. The number of aromatic nitrogens is 1. The van der Waals surface area contributed by atoms with Gasteiger partial charge in [0.2, 0.25) is 5.91 Å². The molecule has 3 aliphatic heterocycles. The van der Waals surface area contributed by atoms with E-state index in [1.54, 1.807) is 6.20 Å². The van der Waals surface area contributed by atoms with Crippen LogP contribution in [0.3, 0.4) is 0 Å². The SMILES string of the molecule is CCO[C@@H]1CC[C@H](C(=O)N2Cc3cccnc3Nc3ccc(N4CC5CCC(C4)O5)cc32)C1. The number of carbonyl (C=O) groups excluding carboxylic acids is 1. The van der Waals surface area contributed by atoms with Crippen LogP contribution in [-0.4, -0.2) is 48.9 Å². The Labute approximate surface area is 195 Å². The summed E-state index contributed by atoms with van der Waals surface area (Å²) in [4.78, 5) is 22.8. The molecule has 2 saturated heterocycles. The minimum Gasteiger partial charge on any atom is -0.378 e. The maximum absolute atomic E-state index is 13.9. The molecule has 7 heteroatoms. The molecule has 3 fully saturated rings. The van der Waals surface area contributed by atoms with E-state index in [1.807, 2.05) is 17.9 Å². The molecule has 1 saturated carbocycles. The molecule has 0 radical (unpaired) electrons. The molecule has 1 amide bonds. The van der Waals surface area contributed by atoms with E-state index in [9.17, 15) is 4.79 Å². The Morgan fingerprint density at radius 1 is 1.18 bits per heavy atom. The van der Waals surface area contributed by atoms with Gasteiger partial charge >= 0.3 is 0 Å². The van der Waals surface area contributed by atoms with Gasteiger partial charge in [0, 0.05) is 43.1 Å². The molecule has 1 aromatic heterocycles. The Bertz CT molecular complexity index is 1030. The summed E-state index contributed by atoms with van der Waals surface area (Å²) >= 11 is 0. The number of rotatable bonds is 4. The first-order chi connectivity index (χ1) is 16.2. The van der Waals surface area contributed by atoms with Crippen molar-refractivity contribution >= 4 is 28.8 Å². The molecular formula is C26H32N4O3. The zero-order valence-corrected chi connectivity index (χ0v) is 19.2. The van der Waals surface area contributed by atoms with Gasteiger partial charge in [0.15, 0.2) is 0 Å². The number of amides is 1. The van der Waals surface area contributed by atoms with Crippen molar-refractivity contribution in [3.05, 3.63) is 42.1 Å². The van der Waals surface area contributed by atoms with E-state index >= 15 is 0 Å². The number of ether oxygens (including phenoxy) is 2. The molecule has 2 bridgehead atoms. The summed E-state index contributed by atoms with van der Waals surface area (Å²) in [7, 11) is 0. The second-order valence-electron chi connectivity index (χ2n) is 9.71. The lowest BCUT2D eigenvalue weighted by atomic mass is 10.0. The smallest absolute Gasteiger partial charge is 0.230 e. The van der Waals surface area contributed by atoms with E-state index in [-0.39, 0.29) is 17.9 Å². The second kappa shape index (κ2) is 8.61. The van der Waals surface area contributed by atoms with E-state index in [0.29, 0.717) is 25.4 Å². The van der Waals surface area contributed by atoms with Gasteiger partial charge in [-0.15, -0.1) is 0 Å². The van der Waals surface area contributed by atoms with Gasteiger partial charge in [0.05, 0.1) is 36.2 Å². The van der Waals surface area contributed by atoms with Crippen LogP contribution in [0.25, 0.3) is 0 Å². The molecule has 4 atom stereocenters. The molecule has 6 rings (SSSR count). The summed E-state index contributed by atoms with van der Waals surface area (Å²) in [5.41, 5.74) is 4.06. The lowest BCUT2D eigenvalue weighted by molar-refractivity contribution is -0.122. The summed E-state index contributed by atoms with van der Waals surface area (Å²) in [6, 6.07) is 10.4. The highest BCUT2D eigenvalue weighted by Crippen LogP contribution is 2.41. The fraction of sp³-hybridized carbons (Fsp3) is 0.538. The van der Waals surface area contributed by atoms with E-state index in [0.717, 1.165) is 73.6 Å². The standard InChI is InChI=1S/C26H32N4O3/c1-2-32-20-7-5-17(12-20)26(31)30-14-18-4-3-11-27-25(18)28-23-10-6-19(13-24(23)30)29-15-21-8-9-22(16-29)33-21/h3-4,6,10-11,13,17,20-22H,2,5,7-9,12,14-16H2,1H3,(H,27,28)/t17-,20+,21?,22?/m0/s1. The topological polar surface area (TPSA) is 66.9 Å². The first-order valence-corrected chi connectivity index (χ1v) is 12.4. The number of fused-ring (bicyclic) bond motifs is 4. The lowest BCUT2D eigenvalue weighted by Gasteiger charge is -2.35. The zero-order chi connectivity index (χ0) is 22.4. The van der Waals surface area contributed by atoms with Gasteiger partial charge in [-0.25, -0.2) is 4.98 Å². The van der Waals surface area contributed by atoms with Crippen LogP contribution in [-0.2, 0) is 20.8 Å². The van der Waals surface area contributed by atoms with Crippen LogP contribution in [0, 0.1) is 5.92 Å². The average molecular weight is 449 g/mol. The van der Waals surface area contributed by atoms with Crippen molar-refractivity contribution in [2.45, 2.75) is 63.9 Å². The van der Waals surface area contributed by atoms with Crippen molar-refractivity contribution in [3.8, 4) is 0 Å². The summed E-state index contributed by atoms with van der Waals surface area (Å²) < 4.78 is 11.9. The summed E-state index contributed by atoms with van der Waals surface area (Å²) in [5, 5.41) is 3.49. The van der Waals surface area contributed by atoms with Crippen molar-refractivity contribution < 1.29 is 14.3 Å². The summed E-state index contributed by atoms with van der Waals surface area (Å²) in [6.45, 7) is 5.07. The Morgan fingerprint density at radius 2 is 2.03 bits per heavy atom. The minimum absolute atomic E-state index is 0.00416. The van der Waals surface area contributed by atoms with Crippen LogP contribution >= 0.6 is 0 Å². The quantitative estimate of drug-likeness (QED) is 0.755. The molecule has 0 spiro atoms. The second-order valence-corrected chi connectivity index (χ2v) is 9.71. The number of carbonyl (C=O) groups is 1. The van der Waals surface area contributed by atoms with Gasteiger partial charge in [0.25, 0.3) is 0 Å². The largest absolute Gasteiger partial charge is 0.378 e. The van der Waals surface area contributed by atoms with Crippen molar-refractivity contribution in [3.63, 3.8) is 0 Å². The van der Waals surface area contributed by atoms with Crippen molar-refractivity contribution in [2.75, 3.05) is 34.8 Å². The molecule has 2 aromatic rings. The van der Waals surface area contributed by atoms with Gasteiger partial charge in [-0.3, -0.25) is 4.79 Å². The predicted octanol–water partition coefficient (Wildman–Crippen LogP) is 4.24. The van der Waals surface area contributed by atoms with E-state index in [4.69, 9.17) is 9.47 Å². The molecule has 7 nitrogen and oxygen atoms in total. The number of nitrogens with one attached hydrogen (secondary N) is 1. The molecule has 174 valence electrons. The summed E-state index contributed by atoms with van der Waals surface area (Å²) in [6.07, 6.45) is 7.55. The molecule has 1 aliphatic carbocycles. The van der Waals surface area contributed by atoms with Gasteiger partial charge in [-0.2, -0.15) is 0 Å². The maximum atomic E-state index is 13.9. The van der Waals surface area contributed by atoms with Crippen molar-refractivity contribution in [2.24, 2.45) is 5.92 Å². The van der Waals surface area contributed by atoms with Crippen LogP contribution in [0.2, 0.25) is 0 Å². The Morgan fingerprint density at radius 3 is 2.85 bits per heavy atom. The number of hydrogen-bond donors (Lipinski definition) is 1. The molecule has 2 unspecified atom stereocenters. The third-order valence-corrected chi connectivity index (χ3v) is 7.56. The van der Waals surface area contributed by atoms with Crippen molar-refractivity contribution in [1.29, 1.82) is 0 Å². The monoisotopic (exact) mass is 448 g/mol. The fourth-order valence-electron chi connectivity index (χ4n) is 5.90. The first-order valence-electron chi connectivity index (χ1n) is 12.4. The highest BCUT2D eigenvalue weighted by molar-refractivity contribution is 6.00. The summed E-state index contributed by atoms with van der Waals surface area (Å²) in [5.74, 6) is 1.01. The minimum atomic E-state index is -0.00416. The highest BCUT2D eigenvalue weighted by atomic mass is 16.5. The number of morpholine rings is 1. The molecule has 33 heavy (non-hydrogen) atoms. The van der Waals surface area contributed by atoms with Gasteiger partial charge in [0.1, 0.15) is 5.82 Å². The third kappa shape index (κ3) is 3.97. The van der Waals surface area contributed by atoms with Gasteiger partial charge < -0.3 is 24.6 Å². The maximum Gasteiger partial charge on any atom is 0.230 e. The number of benzene rings is 1. The van der Waals surface area contributed by atoms with Gasteiger partial charge in [-0.05, 0) is 63.3 Å². The molecule has 4 aliphatic rings. The van der Waals surface area contributed by atoms with Crippen LogP contribution in [0.4, 0.5) is 22.9 Å². The number of anilines is 4. The van der Waals surface area contributed by atoms with Crippen LogP contribution in [0.1, 0.15) is 44.6 Å². The molecule has 4 heterocycles. The fourth-order valence-corrected chi connectivity index (χ4v) is 5.90. The third-order valence-electron chi connectivity index (χ3n) is 7.56. The molecule has 1 aromatic carbocycles. The van der Waals surface area contributed by atoms with Gasteiger partial charge in [-0.1, -0.05) is 6.07 Å². The van der Waals surface area contributed by atoms with Crippen LogP contribution in [0.5, 0.6) is 0 Å². The Kier molecular flexibility index (Phi) is 5.46. The highest BCUT2D eigenvalue weighted by Gasteiger charge is 2.37. The van der Waals surface area contributed by atoms with Crippen molar-refractivity contribution in [1.82, 2.24) is 4.98 Å². The first kappa shape index (κ1) is 20.9. The van der Waals surface area contributed by atoms with E-state index in [2.05, 4.69) is 39.5 Å². The van der Waals surface area contributed by atoms with E-state index < -0.39 is 0 Å².